The maximum absolute atomic E-state index is 8.71. The minimum Gasteiger partial charge on any atom is -0.446 e. The predicted octanol–water partition coefficient (Wildman–Crippen LogP) is 1.59. The van der Waals surface area contributed by atoms with E-state index in [1.165, 1.54) is 0 Å². The maximum atomic E-state index is 8.71. The number of aromatic nitrogens is 1. The van der Waals surface area contributed by atoms with Crippen molar-refractivity contribution in [2.75, 3.05) is 5.73 Å². The van der Waals surface area contributed by atoms with E-state index < -0.39 is 0 Å². The van der Waals surface area contributed by atoms with Crippen molar-refractivity contribution in [2.24, 2.45) is 0 Å². The van der Waals surface area contributed by atoms with Crippen LogP contribution in [-0.2, 0) is 0 Å². The highest BCUT2D eigenvalue weighted by Crippen LogP contribution is 2.22. The van der Waals surface area contributed by atoms with Crippen LogP contribution in [0.4, 0.5) is 5.82 Å². The second-order valence-corrected chi connectivity index (χ2v) is 2.80. The minimum atomic E-state index is 0.212. The number of aryl methyl sites for hydroxylation is 1. The molecule has 0 saturated heterocycles. The summed E-state index contributed by atoms with van der Waals surface area (Å²) in [5.41, 5.74) is 7.34. The van der Waals surface area contributed by atoms with Crippen LogP contribution in [0.15, 0.2) is 16.7 Å². The molecule has 0 atom stereocenters. The van der Waals surface area contributed by atoms with Gasteiger partial charge in [-0.15, -0.1) is 0 Å². The van der Waals surface area contributed by atoms with Gasteiger partial charge in [-0.2, -0.15) is 10.2 Å². The number of fused-ring (bicyclic) bond motifs is 1. The van der Waals surface area contributed by atoms with Crippen LogP contribution >= 0.6 is 0 Å². The van der Waals surface area contributed by atoms with Gasteiger partial charge in [0.05, 0.1) is 11.8 Å². The summed E-state index contributed by atoms with van der Waals surface area (Å²) in [6.07, 6.45) is 1.60. The number of nitrogens with two attached hydrogens (primary N) is 1. The van der Waals surface area contributed by atoms with Crippen molar-refractivity contribution in [2.45, 2.75) is 6.92 Å². The molecule has 2 aromatic heterocycles. The van der Waals surface area contributed by atoms with Gasteiger partial charge in [-0.05, 0) is 18.6 Å². The summed E-state index contributed by atoms with van der Waals surface area (Å²) in [7, 11) is 0. The Hall–Kier alpha value is -2.02. The van der Waals surface area contributed by atoms with Crippen LogP contribution < -0.4 is 5.73 Å². The molecule has 4 nitrogen and oxygen atoms in total. The number of rotatable bonds is 0. The number of pyridine rings is 1. The summed E-state index contributed by atoms with van der Waals surface area (Å²) in [5.74, 6) is 0.212. The van der Waals surface area contributed by atoms with E-state index in [-0.39, 0.29) is 5.82 Å². The lowest BCUT2D eigenvalue weighted by Crippen LogP contribution is -1.93. The fraction of sp³-hybridized carbons (Fsp3) is 0.111. The van der Waals surface area contributed by atoms with Crippen molar-refractivity contribution in [1.82, 2.24) is 4.98 Å². The van der Waals surface area contributed by atoms with Crippen LogP contribution in [0, 0.1) is 18.3 Å². The number of nitriles is 1. The largest absolute Gasteiger partial charge is 0.446 e. The van der Waals surface area contributed by atoms with Gasteiger partial charge in [-0.3, -0.25) is 0 Å². The molecule has 2 heterocycles. The molecule has 0 aromatic carbocycles. The first-order chi connectivity index (χ1) is 6.22. The van der Waals surface area contributed by atoms with Crippen molar-refractivity contribution in [3.05, 3.63) is 23.5 Å². The molecule has 0 amide bonds. The Bertz CT molecular complexity index is 507. The molecule has 0 aliphatic heterocycles. The Kier molecular flexibility index (Phi) is 1.46. The Labute approximate surface area is 74.6 Å². The molecule has 64 valence electrons. The van der Waals surface area contributed by atoms with Crippen LogP contribution in [0.2, 0.25) is 0 Å². The molecule has 0 unspecified atom stereocenters. The summed E-state index contributed by atoms with van der Waals surface area (Å²) in [6.45, 7) is 1.89. The quantitative estimate of drug-likeness (QED) is 0.656. The molecule has 4 heteroatoms. The Morgan fingerprint density at radius 2 is 2.38 bits per heavy atom. The summed E-state index contributed by atoms with van der Waals surface area (Å²) >= 11 is 0. The highest BCUT2D eigenvalue weighted by molar-refractivity contribution is 5.81. The van der Waals surface area contributed by atoms with Gasteiger partial charge in [0.25, 0.3) is 0 Å². The van der Waals surface area contributed by atoms with Gasteiger partial charge in [-0.25, -0.2) is 0 Å². The lowest BCUT2D eigenvalue weighted by Gasteiger charge is -1.95. The van der Waals surface area contributed by atoms with E-state index in [0.717, 1.165) is 10.9 Å². The maximum Gasteiger partial charge on any atom is 0.228 e. The molecule has 2 N–H and O–H groups in total. The summed E-state index contributed by atoms with van der Waals surface area (Å²) < 4.78 is 5.13. The number of furan rings is 1. The second kappa shape index (κ2) is 2.49. The fourth-order valence-corrected chi connectivity index (χ4v) is 1.18. The Morgan fingerprint density at radius 1 is 1.62 bits per heavy atom. The monoisotopic (exact) mass is 173 g/mol. The van der Waals surface area contributed by atoms with Crippen molar-refractivity contribution in [3.63, 3.8) is 0 Å². The van der Waals surface area contributed by atoms with E-state index in [9.17, 15) is 0 Å². The van der Waals surface area contributed by atoms with Gasteiger partial charge in [0.2, 0.25) is 5.71 Å². The third kappa shape index (κ3) is 1.02. The normalized spacial score (nSPS) is 10.2. The number of anilines is 1. The van der Waals surface area contributed by atoms with Gasteiger partial charge in [0, 0.05) is 5.39 Å². The van der Waals surface area contributed by atoms with Crippen LogP contribution in [0.5, 0.6) is 0 Å². The Morgan fingerprint density at radius 3 is 3.08 bits per heavy atom. The van der Waals surface area contributed by atoms with E-state index in [2.05, 4.69) is 4.98 Å². The van der Waals surface area contributed by atoms with Crippen molar-refractivity contribution in [3.8, 4) is 6.07 Å². The molecule has 0 saturated carbocycles. The van der Waals surface area contributed by atoms with Gasteiger partial charge >= 0.3 is 0 Å². The zero-order valence-electron chi connectivity index (χ0n) is 7.03. The van der Waals surface area contributed by atoms with Crippen molar-refractivity contribution in [1.29, 1.82) is 5.26 Å². The van der Waals surface area contributed by atoms with E-state index in [1.807, 2.05) is 13.0 Å². The highest BCUT2D eigenvalue weighted by atomic mass is 16.3. The highest BCUT2D eigenvalue weighted by Gasteiger charge is 2.07. The van der Waals surface area contributed by atoms with Gasteiger partial charge in [0.1, 0.15) is 11.9 Å². The molecule has 13 heavy (non-hydrogen) atoms. The second-order valence-electron chi connectivity index (χ2n) is 2.80. The van der Waals surface area contributed by atoms with Crippen molar-refractivity contribution >= 4 is 16.9 Å². The standard InChI is InChI=1S/C9H7N3O/c1-5-4-13-9-7(5)2-6(3-10)8(11)12-9/h2,4H,1H3,(H2,11,12). The first-order valence-corrected chi connectivity index (χ1v) is 3.77. The number of hydrogen-bond acceptors (Lipinski definition) is 4. The molecular formula is C9H7N3O. The molecule has 0 bridgehead atoms. The molecule has 0 aliphatic rings. The van der Waals surface area contributed by atoms with E-state index in [4.69, 9.17) is 15.4 Å². The lowest BCUT2D eigenvalue weighted by molar-refractivity contribution is 0.601. The molecule has 0 aliphatic carbocycles. The third-order valence-electron chi connectivity index (χ3n) is 1.91. The molecular weight excluding hydrogens is 166 g/mol. The smallest absolute Gasteiger partial charge is 0.228 e. The summed E-state index contributed by atoms with van der Waals surface area (Å²) in [6, 6.07) is 3.67. The first-order valence-electron chi connectivity index (χ1n) is 3.77. The van der Waals surface area contributed by atoms with E-state index in [1.54, 1.807) is 12.3 Å². The third-order valence-corrected chi connectivity index (χ3v) is 1.91. The molecule has 2 aromatic rings. The van der Waals surface area contributed by atoms with Crippen LogP contribution in [0.1, 0.15) is 11.1 Å². The Balaban J connectivity index is 2.86. The lowest BCUT2D eigenvalue weighted by atomic mass is 10.2. The van der Waals surface area contributed by atoms with E-state index >= 15 is 0 Å². The van der Waals surface area contributed by atoms with Gasteiger partial charge in [-0.1, -0.05) is 0 Å². The van der Waals surface area contributed by atoms with Gasteiger partial charge < -0.3 is 10.2 Å². The zero-order valence-corrected chi connectivity index (χ0v) is 7.03. The number of hydrogen-bond donors (Lipinski definition) is 1. The van der Waals surface area contributed by atoms with Crippen LogP contribution in [0.25, 0.3) is 11.1 Å². The first kappa shape index (κ1) is 7.62. The van der Waals surface area contributed by atoms with Crippen molar-refractivity contribution < 1.29 is 4.42 Å². The molecule has 0 radical (unpaired) electrons. The summed E-state index contributed by atoms with van der Waals surface area (Å²) in [4.78, 5) is 3.96. The van der Waals surface area contributed by atoms with E-state index in [0.29, 0.717) is 11.3 Å². The number of nitrogen functional groups attached to an aromatic ring is 1. The molecule has 2 rings (SSSR count). The van der Waals surface area contributed by atoms with Crippen LogP contribution in [0.3, 0.4) is 0 Å². The fourth-order valence-electron chi connectivity index (χ4n) is 1.18. The molecule has 0 fully saturated rings. The minimum absolute atomic E-state index is 0.212. The van der Waals surface area contributed by atoms with Gasteiger partial charge in [0.15, 0.2) is 0 Å². The van der Waals surface area contributed by atoms with Crippen LogP contribution in [-0.4, -0.2) is 4.98 Å². The average molecular weight is 173 g/mol. The SMILES string of the molecule is Cc1coc2nc(N)c(C#N)cc12. The molecule has 0 spiro atoms. The topological polar surface area (TPSA) is 75.8 Å². The summed E-state index contributed by atoms with van der Waals surface area (Å²) in [5, 5.41) is 9.54. The predicted molar refractivity (Wildman–Crippen MR) is 47.9 cm³/mol. The zero-order chi connectivity index (χ0) is 9.42. The average Bonchev–Trinajstić information content (AvgIpc) is 2.46. The number of nitrogens with zero attached hydrogens (tertiary/aromatic N) is 2.